The highest BCUT2D eigenvalue weighted by Gasteiger charge is 2.32. The molecule has 1 aliphatic rings. The molecule has 1 aromatic carbocycles. The van der Waals surface area contributed by atoms with E-state index in [1.54, 1.807) is 33.8 Å². The number of hydrogen-bond acceptors (Lipinski definition) is 3. The maximum absolute atomic E-state index is 13.8. The molecule has 0 radical (unpaired) electrons. The summed E-state index contributed by atoms with van der Waals surface area (Å²) < 4.78 is 19.2. The molecule has 1 unspecified atom stereocenters. The minimum absolute atomic E-state index is 0.178. The number of fused-ring (bicyclic) bond motifs is 1. The van der Waals surface area contributed by atoms with Crippen molar-refractivity contribution in [3.63, 3.8) is 0 Å². The van der Waals surface area contributed by atoms with Crippen molar-refractivity contribution < 1.29 is 13.9 Å². The smallest absolute Gasteiger partial charge is 0.414 e. The Labute approximate surface area is 118 Å². The van der Waals surface area contributed by atoms with Crippen LogP contribution in [0.2, 0.25) is 0 Å². The van der Waals surface area contributed by atoms with Crippen molar-refractivity contribution in [2.45, 2.75) is 45.8 Å². The zero-order valence-electron chi connectivity index (χ0n) is 12.4. The van der Waals surface area contributed by atoms with Gasteiger partial charge in [0.2, 0.25) is 0 Å². The summed E-state index contributed by atoms with van der Waals surface area (Å²) in [5, 5.41) is 0. The average molecular weight is 280 g/mol. The van der Waals surface area contributed by atoms with E-state index in [0.29, 0.717) is 24.2 Å². The number of anilines is 1. The number of carbonyl (C=O) groups is 1. The van der Waals surface area contributed by atoms with Crippen LogP contribution in [0.25, 0.3) is 0 Å². The fraction of sp³-hybridized carbons (Fsp3) is 0.533. The van der Waals surface area contributed by atoms with Crippen molar-refractivity contribution in [1.82, 2.24) is 0 Å². The van der Waals surface area contributed by atoms with E-state index in [4.69, 9.17) is 10.5 Å². The third kappa shape index (κ3) is 2.77. The van der Waals surface area contributed by atoms with E-state index in [1.807, 2.05) is 0 Å². The van der Waals surface area contributed by atoms with E-state index in [1.165, 1.54) is 11.0 Å². The highest BCUT2D eigenvalue weighted by atomic mass is 19.1. The van der Waals surface area contributed by atoms with E-state index in [2.05, 4.69) is 0 Å². The largest absolute Gasteiger partial charge is 0.443 e. The predicted octanol–water partition coefficient (Wildman–Crippen LogP) is 3.28. The summed E-state index contributed by atoms with van der Waals surface area (Å²) in [5.74, 6) is -0.341. The summed E-state index contributed by atoms with van der Waals surface area (Å²) in [5.41, 5.74) is 7.25. The molecule has 5 heteroatoms. The fourth-order valence-electron chi connectivity index (χ4n) is 2.39. The van der Waals surface area contributed by atoms with Gasteiger partial charge in [0.05, 0.1) is 5.69 Å². The fourth-order valence-corrected chi connectivity index (χ4v) is 2.39. The van der Waals surface area contributed by atoms with Crippen LogP contribution >= 0.6 is 0 Å². The molecule has 0 bridgehead atoms. The molecule has 110 valence electrons. The first-order chi connectivity index (χ1) is 9.20. The maximum Gasteiger partial charge on any atom is 0.414 e. The second-order valence-corrected chi connectivity index (χ2v) is 6.14. The van der Waals surface area contributed by atoms with Crippen LogP contribution in [0.15, 0.2) is 12.1 Å². The van der Waals surface area contributed by atoms with Crippen LogP contribution in [0.3, 0.4) is 0 Å². The van der Waals surface area contributed by atoms with Crippen molar-refractivity contribution in [1.29, 1.82) is 0 Å². The maximum atomic E-state index is 13.8. The Balaban J connectivity index is 2.42. The van der Waals surface area contributed by atoms with Crippen molar-refractivity contribution in [3.8, 4) is 0 Å². The van der Waals surface area contributed by atoms with Gasteiger partial charge in [-0.25, -0.2) is 9.18 Å². The van der Waals surface area contributed by atoms with Crippen LogP contribution in [0.1, 0.15) is 44.4 Å². The van der Waals surface area contributed by atoms with E-state index in [0.717, 1.165) is 5.56 Å². The number of nitrogens with two attached hydrogens (primary N) is 1. The molecule has 0 saturated carbocycles. The number of halogens is 1. The Hall–Kier alpha value is -1.62. The molecule has 2 rings (SSSR count). The first kappa shape index (κ1) is 14.8. The second-order valence-electron chi connectivity index (χ2n) is 6.14. The average Bonchev–Trinajstić information content (AvgIpc) is 2.32. The molecule has 0 saturated heterocycles. The molecule has 1 aromatic rings. The van der Waals surface area contributed by atoms with Crippen LogP contribution in [0.4, 0.5) is 14.9 Å². The van der Waals surface area contributed by atoms with E-state index in [-0.39, 0.29) is 11.9 Å². The first-order valence-corrected chi connectivity index (χ1v) is 6.76. The van der Waals surface area contributed by atoms with E-state index in [9.17, 15) is 9.18 Å². The molecule has 4 nitrogen and oxygen atoms in total. The lowest BCUT2D eigenvalue weighted by Crippen LogP contribution is -2.42. The van der Waals surface area contributed by atoms with Crippen LogP contribution in [0.5, 0.6) is 0 Å². The van der Waals surface area contributed by atoms with E-state index >= 15 is 0 Å². The number of rotatable bonds is 0. The van der Waals surface area contributed by atoms with Gasteiger partial charge in [-0.15, -0.1) is 0 Å². The van der Waals surface area contributed by atoms with Crippen molar-refractivity contribution >= 4 is 11.8 Å². The van der Waals surface area contributed by atoms with Gasteiger partial charge in [-0.2, -0.15) is 0 Å². The van der Waals surface area contributed by atoms with Gasteiger partial charge >= 0.3 is 6.09 Å². The van der Waals surface area contributed by atoms with Gasteiger partial charge in [-0.3, -0.25) is 4.90 Å². The van der Waals surface area contributed by atoms with Gasteiger partial charge < -0.3 is 10.5 Å². The topological polar surface area (TPSA) is 55.6 Å². The van der Waals surface area contributed by atoms with Crippen molar-refractivity contribution in [2.75, 3.05) is 11.4 Å². The Morgan fingerprint density at radius 1 is 1.45 bits per heavy atom. The summed E-state index contributed by atoms with van der Waals surface area (Å²) in [6, 6.07) is 2.87. The van der Waals surface area contributed by atoms with Gasteiger partial charge in [0.15, 0.2) is 0 Å². The summed E-state index contributed by atoms with van der Waals surface area (Å²) in [4.78, 5) is 13.8. The third-order valence-electron chi connectivity index (χ3n) is 3.34. The zero-order valence-corrected chi connectivity index (χ0v) is 12.4. The molecule has 1 heterocycles. The van der Waals surface area contributed by atoms with Gasteiger partial charge in [0.25, 0.3) is 0 Å². The third-order valence-corrected chi connectivity index (χ3v) is 3.34. The monoisotopic (exact) mass is 280 g/mol. The number of ether oxygens (including phenoxy) is 1. The number of hydrogen-bond donors (Lipinski definition) is 1. The Bertz CT molecular complexity index is 537. The standard InChI is InChI=1S/C15H21FN2O2/c1-9-11(16)6-5-10-12(17)7-8-18(13(9)10)14(19)20-15(2,3)4/h5-6,12H,7-8,17H2,1-4H3. The quantitative estimate of drug-likeness (QED) is 0.793. The summed E-state index contributed by atoms with van der Waals surface area (Å²) >= 11 is 0. The Morgan fingerprint density at radius 3 is 2.70 bits per heavy atom. The van der Waals surface area contributed by atoms with Gasteiger partial charge in [0, 0.05) is 18.2 Å². The van der Waals surface area contributed by atoms with Crippen molar-refractivity contribution in [3.05, 3.63) is 29.1 Å². The molecule has 2 N–H and O–H groups in total. The SMILES string of the molecule is Cc1c(F)ccc2c1N(C(=O)OC(C)(C)C)CCC2N. The molecular formula is C15H21FN2O2. The van der Waals surface area contributed by atoms with Crippen molar-refractivity contribution in [2.24, 2.45) is 5.73 Å². The highest BCUT2D eigenvalue weighted by Crippen LogP contribution is 2.37. The van der Waals surface area contributed by atoms with E-state index < -0.39 is 11.7 Å². The minimum Gasteiger partial charge on any atom is -0.443 e. The lowest BCUT2D eigenvalue weighted by molar-refractivity contribution is 0.0576. The minimum atomic E-state index is -0.585. The molecule has 0 fully saturated rings. The number of amides is 1. The second kappa shape index (κ2) is 5.05. The molecule has 0 aliphatic carbocycles. The van der Waals surface area contributed by atoms with Crippen LogP contribution < -0.4 is 10.6 Å². The first-order valence-electron chi connectivity index (χ1n) is 6.76. The van der Waals surface area contributed by atoms with Gasteiger partial charge in [-0.05, 0) is 45.7 Å². The Kier molecular flexibility index (Phi) is 3.73. The molecule has 0 spiro atoms. The molecule has 1 amide bonds. The van der Waals surface area contributed by atoms with Gasteiger partial charge in [-0.1, -0.05) is 6.07 Å². The summed E-state index contributed by atoms with van der Waals surface area (Å²) in [6.45, 7) is 7.51. The zero-order chi connectivity index (χ0) is 15.1. The number of nitrogens with zero attached hydrogens (tertiary/aromatic N) is 1. The molecule has 1 aliphatic heterocycles. The summed E-state index contributed by atoms with van der Waals surface area (Å²) in [6.07, 6.45) is 0.177. The molecular weight excluding hydrogens is 259 g/mol. The summed E-state index contributed by atoms with van der Waals surface area (Å²) in [7, 11) is 0. The predicted molar refractivity (Wildman–Crippen MR) is 76.3 cm³/mol. The molecule has 1 atom stereocenters. The lowest BCUT2D eigenvalue weighted by atomic mass is 9.94. The van der Waals surface area contributed by atoms with Gasteiger partial charge in [0.1, 0.15) is 11.4 Å². The normalized spacial score (nSPS) is 18.7. The highest BCUT2D eigenvalue weighted by molar-refractivity contribution is 5.90. The Morgan fingerprint density at radius 2 is 2.10 bits per heavy atom. The number of benzene rings is 1. The lowest BCUT2D eigenvalue weighted by Gasteiger charge is -2.35. The van der Waals surface area contributed by atoms with Crippen LogP contribution in [0, 0.1) is 12.7 Å². The molecule has 20 heavy (non-hydrogen) atoms. The molecule has 0 aromatic heterocycles. The van der Waals surface area contributed by atoms with Crippen LogP contribution in [-0.4, -0.2) is 18.2 Å². The number of carbonyl (C=O) groups excluding carboxylic acids is 1. The van der Waals surface area contributed by atoms with Crippen LogP contribution in [-0.2, 0) is 4.74 Å².